The van der Waals surface area contributed by atoms with E-state index in [9.17, 15) is 4.79 Å². The Morgan fingerprint density at radius 1 is 1.25 bits per heavy atom. The molecule has 1 aliphatic heterocycles. The van der Waals surface area contributed by atoms with E-state index in [1.807, 2.05) is 19.2 Å². The summed E-state index contributed by atoms with van der Waals surface area (Å²) in [5, 5.41) is 0. The first-order chi connectivity index (χ1) is 11.6. The molecule has 2 saturated carbocycles. The summed E-state index contributed by atoms with van der Waals surface area (Å²) >= 11 is 0. The van der Waals surface area contributed by atoms with Crippen molar-refractivity contribution in [1.29, 1.82) is 0 Å². The van der Waals surface area contributed by atoms with E-state index < -0.39 is 5.91 Å². The lowest BCUT2D eigenvalue weighted by molar-refractivity contribution is -0.177. The third kappa shape index (κ3) is 2.37. The Bertz CT molecular complexity index is 615. The molecule has 2 N–H and O–H groups in total. The van der Waals surface area contributed by atoms with Crippen molar-refractivity contribution in [3.63, 3.8) is 0 Å². The van der Waals surface area contributed by atoms with Gasteiger partial charge in [0.1, 0.15) is 11.3 Å². The quantitative estimate of drug-likeness (QED) is 0.920. The van der Waals surface area contributed by atoms with Gasteiger partial charge < -0.3 is 10.5 Å². The second-order valence-electron chi connectivity index (χ2n) is 7.65. The van der Waals surface area contributed by atoms with Crippen LogP contribution in [0.1, 0.15) is 54.6 Å². The number of rotatable bonds is 4. The maximum atomic E-state index is 11.6. The van der Waals surface area contributed by atoms with Crippen molar-refractivity contribution >= 4 is 5.91 Å². The lowest BCUT2D eigenvalue weighted by atomic mass is 9.62. The van der Waals surface area contributed by atoms with Gasteiger partial charge in [-0.15, -0.1) is 0 Å². The predicted octanol–water partition coefficient (Wildman–Crippen LogP) is 2.31. The number of fused-ring (bicyclic) bond motifs is 2. The molecule has 2 aliphatic carbocycles. The fraction of sp³-hybridized carbons (Fsp3) is 0.684. The second-order valence-corrected chi connectivity index (χ2v) is 7.65. The maximum Gasteiger partial charge on any atom is 0.267 e. The van der Waals surface area contributed by atoms with Crippen LogP contribution in [0.5, 0.6) is 0 Å². The summed E-state index contributed by atoms with van der Waals surface area (Å²) in [6.07, 6.45) is 9.40. The minimum absolute atomic E-state index is 0.300. The number of nitrogens with zero attached hydrogens (tertiary/aromatic N) is 2. The normalized spacial score (nSPS) is 33.9. The highest BCUT2D eigenvalue weighted by Crippen LogP contribution is 2.52. The first-order valence-electron chi connectivity index (χ1n) is 9.20. The summed E-state index contributed by atoms with van der Waals surface area (Å²) < 4.78 is 6.24. The lowest BCUT2D eigenvalue weighted by Crippen LogP contribution is -2.61. The molecule has 24 heavy (non-hydrogen) atoms. The number of carbonyl (C=O) groups excluding carboxylic acids is 1. The predicted molar refractivity (Wildman–Crippen MR) is 91.5 cm³/mol. The molecule has 0 radical (unpaired) electrons. The van der Waals surface area contributed by atoms with E-state index in [1.165, 1.54) is 38.5 Å². The molecule has 5 nitrogen and oxygen atoms in total. The van der Waals surface area contributed by atoms with E-state index in [1.54, 1.807) is 6.20 Å². The number of primary amides is 1. The van der Waals surface area contributed by atoms with Crippen LogP contribution in [-0.2, 0) is 10.3 Å². The summed E-state index contributed by atoms with van der Waals surface area (Å²) in [5.74, 6) is 0.470. The number of hydrogen-bond acceptors (Lipinski definition) is 4. The standard InChI is InChI=1S/C19H27N3O2/c1-24-19(13-8-9-21-17(10-13)18(20)23)14-4-2-5-15(19)12-22(11-14)16-6-3-7-16/h8-10,14-16H,2-7,11-12H2,1H3,(H2,20,23). The smallest absolute Gasteiger partial charge is 0.267 e. The molecule has 3 aliphatic rings. The van der Waals surface area contributed by atoms with E-state index in [0.717, 1.165) is 24.7 Å². The van der Waals surface area contributed by atoms with Crippen molar-refractivity contribution in [1.82, 2.24) is 9.88 Å². The number of piperidine rings is 1. The third-order valence-electron chi connectivity index (χ3n) is 6.62. The van der Waals surface area contributed by atoms with Crippen molar-refractivity contribution in [3.8, 4) is 0 Å². The zero-order valence-corrected chi connectivity index (χ0v) is 14.4. The van der Waals surface area contributed by atoms with Crippen LogP contribution in [0.25, 0.3) is 0 Å². The van der Waals surface area contributed by atoms with E-state index in [-0.39, 0.29) is 5.60 Å². The summed E-state index contributed by atoms with van der Waals surface area (Å²) in [6, 6.07) is 4.65. The lowest BCUT2D eigenvalue weighted by Gasteiger charge is -2.57. The molecular weight excluding hydrogens is 302 g/mol. The van der Waals surface area contributed by atoms with Crippen LogP contribution in [0.15, 0.2) is 18.3 Å². The van der Waals surface area contributed by atoms with Gasteiger partial charge in [0.2, 0.25) is 0 Å². The number of methoxy groups -OCH3 is 1. The summed E-state index contributed by atoms with van der Waals surface area (Å²) in [7, 11) is 1.83. The van der Waals surface area contributed by atoms with Crippen LogP contribution in [0.4, 0.5) is 0 Å². The molecule has 1 saturated heterocycles. The molecule has 3 fully saturated rings. The van der Waals surface area contributed by atoms with Gasteiger partial charge in [-0.25, -0.2) is 0 Å². The van der Waals surface area contributed by atoms with Crippen LogP contribution in [0.2, 0.25) is 0 Å². The van der Waals surface area contributed by atoms with Gasteiger partial charge >= 0.3 is 0 Å². The van der Waals surface area contributed by atoms with Gasteiger partial charge in [-0.1, -0.05) is 12.8 Å². The van der Waals surface area contributed by atoms with Crippen LogP contribution in [0.3, 0.4) is 0 Å². The molecule has 2 atom stereocenters. The highest BCUT2D eigenvalue weighted by Gasteiger charge is 2.54. The Balaban J connectivity index is 1.70. The fourth-order valence-corrected chi connectivity index (χ4v) is 5.25. The van der Waals surface area contributed by atoms with Crippen molar-refractivity contribution in [2.24, 2.45) is 17.6 Å². The van der Waals surface area contributed by atoms with Gasteiger partial charge in [0.05, 0.1) is 0 Å². The fourth-order valence-electron chi connectivity index (χ4n) is 5.25. The first-order valence-corrected chi connectivity index (χ1v) is 9.20. The van der Waals surface area contributed by atoms with Crippen LogP contribution >= 0.6 is 0 Å². The van der Waals surface area contributed by atoms with E-state index >= 15 is 0 Å². The zero-order chi connectivity index (χ0) is 16.7. The minimum Gasteiger partial charge on any atom is -0.373 e. The number of likely N-dealkylation sites (tertiary alicyclic amines) is 1. The Morgan fingerprint density at radius 3 is 2.46 bits per heavy atom. The van der Waals surface area contributed by atoms with E-state index in [2.05, 4.69) is 9.88 Å². The molecule has 0 spiro atoms. The molecular formula is C19H27N3O2. The van der Waals surface area contributed by atoms with Gasteiger partial charge in [-0.3, -0.25) is 14.7 Å². The van der Waals surface area contributed by atoms with Gasteiger partial charge in [0.25, 0.3) is 5.91 Å². The van der Waals surface area contributed by atoms with Crippen molar-refractivity contribution < 1.29 is 9.53 Å². The summed E-state index contributed by atoms with van der Waals surface area (Å²) in [5.41, 5.74) is 6.57. The van der Waals surface area contributed by atoms with Crippen molar-refractivity contribution in [2.75, 3.05) is 20.2 Å². The minimum atomic E-state index is -0.472. The van der Waals surface area contributed by atoms with Crippen molar-refractivity contribution in [3.05, 3.63) is 29.6 Å². The number of pyridine rings is 1. The monoisotopic (exact) mass is 329 g/mol. The summed E-state index contributed by atoms with van der Waals surface area (Å²) in [4.78, 5) is 18.4. The molecule has 1 aromatic heterocycles. The largest absolute Gasteiger partial charge is 0.373 e. The molecule has 1 aromatic rings. The Morgan fingerprint density at radius 2 is 1.92 bits per heavy atom. The highest BCUT2D eigenvalue weighted by atomic mass is 16.5. The third-order valence-corrected chi connectivity index (χ3v) is 6.62. The van der Waals surface area contributed by atoms with E-state index in [0.29, 0.717) is 17.5 Å². The van der Waals surface area contributed by atoms with Gasteiger partial charge in [0.15, 0.2) is 0 Å². The first kappa shape index (κ1) is 16.0. The van der Waals surface area contributed by atoms with Crippen molar-refractivity contribution in [2.45, 2.75) is 50.2 Å². The topological polar surface area (TPSA) is 68.5 Å². The van der Waals surface area contributed by atoms with Gasteiger partial charge in [-0.05, 0) is 43.4 Å². The Labute approximate surface area is 143 Å². The molecule has 0 aromatic carbocycles. The van der Waals surface area contributed by atoms with E-state index in [4.69, 9.17) is 10.5 Å². The maximum absolute atomic E-state index is 11.6. The number of nitrogens with two attached hydrogens (primary N) is 1. The number of aromatic nitrogens is 1. The van der Waals surface area contributed by atoms with Crippen LogP contribution < -0.4 is 5.73 Å². The van der Waals surface area contributed by atoms with Crippen LogP contribution in [0, 0.1) is 11.8 Å². The van der Waals surface area contributed by atoms with Gasteiger partial charge in [-0.2, -0.15) is 0 Å². The molecule has 2 bridgehead atoms. The number of ether oxygens (including phenoxy) is 1. The molecule has 5 heteroatoms. The SMILES string of the molecule is COC1(c2ccnc(C(N)=O)c2)C2CCCC1CN(C1CCC1)C2. The zero-order valence-electron chi connectivity index (χ0n) is 14.4. The number of carbonyl (C=O) groups is 1. The Kier molecular flexibility index (Phi) is 4.09. The van der Waals surface area contributed by atoms with Crippen LogP contribution in [-0.4, -0.2) is 42.0 Å². The molecule has 130 valence electrons. The molecule has 1 amide bonds. The summed E-state index contributed by atoms with van der Waals surface area (Å²) in [6.45, 7) is 2.20. The number of hydrogen-bond donors (Lipinski definition) is 1. The number of amides is 1. The molecule has 2 heterocycles. The second kappa shape index (κ2) is 6.12. The van der Waals surface area contributed by atoms with Gasteiger partial charge in [0, 0.05) is 44.3 Å². The highest BCUT2D eigenvalue weighted by molar-refractivity contribution is 5.90. The molecule has 4 rings (SSSR count). The average molecular weight is 329 g/mol. The Hall–Kier alpha value is -1.46. The average Bonchev–Trinajstić information content (AvgIpc) is 2.52. The molecule has 2 unspecified atom stereocenters.